The average Bonchev–Trinajstić information content (AvgIpc) is 3.16. The van der Waals surface area contributed by atoms with Crippen molar-refractivity contribution in [2.45, 2.75) is 25.4 Å². The normalized spacial score (nSPS) is 18.1. The first kappa shape index (κ1) is 13.3. The number of phenolic OH excluding ortho intramolecular Hbond substituents is 1. The first-order valence-corrected chi connectivity index (χ1v) is 7.54. The van der Waals surface area contributed by atoms with E-state index in [0.717, 1.165) is 48.5 Å². The molecule has 2 aromatic heterocycles. The molecule has 1 fully saturated rings. The van der Waals surface area contributed by atoms with Gasteiger partial charge in [-0.2, -0.15) is 0 Å². The van der Waals surface area contributed by atoms with E-state index in [4.69, 9.17) is 9.72 Å². The SMILES string of the molecule is Oc1ccc(-n2c(CC3CCCO3)nc3cccnc32)cc1. The second kappa shape index (κ2) is 5.42. The first-order chi connectivity index (χ1) is 10.8. The van der Waals surface area contributed by atoms with Gasteiger partial charge in [-0.15, -0.1) is 0 Å². The van der Waals surface area contributed by atoms with Crippen molar-refractivity contribution >= 4 is 11.2 Å². The van der Waals surface area contributed by atoms with Crippen molar-refractivity contribution in [3.63, 3.8) is 0 Å². The molecule has 1 atom stereocenters. The summed E-state index contributed by atoms with van der Waals surface area (Å²) in [4.78, 5) is 9.21. The van der Waals surface area contributed by atoms with Gasteiger partial charge < -0.3 is 9.84 Å². The van der Waals surface area contributed by atoms with Crippen LogP contribution in [0, 0.1) is 0 Å². The Morgan fingerprint density at radius 1 is 1.23 bits per heavy atom. The summed E-state index contributed by atoms with van der Waals surface area (Å²) in [6, 6.07) is 11.0. The summed E-state index contributed by atoms with van der Waals surface area (Å²) in [6.45, 7) is 0.836. The number of fused-ring (bicyclic) bond motifs is 1. The van der Waals surface area contributed by atoms with Crippen LogP contribution in [0.4, 0.5) is 0 Å². The van der Waals surface area contributed by atoms with Crippen molar-refractivity contribution in [2.24, 2.45) is 0 Å². The maximum absolute atomic E-state index is 9.51. The number of ether oxygens (including phenoxy) is 1. The van der Waals surface area contributed by atoms with Gasteiger partial charge in [-0.05, 0) is 49.2 Å². The molecule has 1 unspecified atom stereocenters. The number of imidazole rings is 1. The zero-order valence-electron chi connectivity index (χ0n) is 12.1. The second-order valence-corrected chi connectivity index (χ2v) is 5.57. The third-order valence-electron chi connectivity index (χ3n) is 4.03. The number of nitrogens with zero attached hydrogens (tertiary/aromatic N) is 3. The van der Waals surface area contributed by atoms with Gasteiger partial charge in [0.25, 0.3) is 0 Å². The highest BCUT2D eigenvalue weighted by Crippen LogP contribution is 2.24. The lowest BCUT2D eigenvalue weighted by molar-refractivity contribution is 0.109. The summed E-state index contributed by atoms with van der Waals surface area (Å²) < 4.78 is 7.80. The van der Waals surface area contributed by atoms with Crippen molar-refractivity contribution in [1.29, 1.82) is 0 Å². The highest BCUT2D eigenvalue weighted by molar-refractivity contribution is 5.73. The van der Waals surface area contributed by atoms with Gasteiger partial charge >= 0.3 is 0 Å². The quantitative estimate of drug-likeness (QED) is 0.807. The lowest BCUT2D eigenvalue weighted by atomic mass is 10.1. The molecule has 1 saturated heterocycles. The summed E-state index contributed by atoms with van der Waals surface area (Å²) in [5, 5.41) is 9.51. The monoisotopic (exact) mass is 295 g/mol. The summed E-state index contributed by atoms with van der Waals surface area (Å²) in [6.07, 6.45) is 4.97. The Morgan fingerprint density at radius 2 is 2.09 bits per heavy atom. The molecule has 3 heterocycles. The third kappa shape index (κ3) is 2.33. The van der Waals surface area contributed by atoms with E-state index in [1.165, 1.54) is 0 Å². The number of benzene rings is 1. The fraction of sp³-hybridized carbons (Fsp3) is 0.294. The van der Waals surface area contributed by atoms with E-state index in [9.17, 15) is 5.11 Å². The third-order valence-corrected chi connectivity index (χ3v) is 4.03. The van der Waals surface area contributed by atoms with Gasteiger partial charge in [0.2, 0.25) is 0 Å². The number of rotatable bonds is 3. The van der Waals surface area contributed by atoms with Crippen LogP contribution in [0.25, 0.3) is 16.9 Å². The smallest absolute Gasteiger partial charge is 0.164 e. The molecular formula is C17H17N3O2. The van der Waals surface area contributed by atoms with E-state index in [2.05, 4.69) is 9.55 Å². The van der Waals surface area contributed by atoms with E-state index in [-0.39, 0.29) is 11.9 Å². The van der Waals surface area contributed by atoms with Gasteiger partial charge in [0.15, 0.2) is 5.65 Å². The van der Waals surface area contributed by atoms with Crippen LogP contribution < -0.4 is 0 Å². The summed E-state index contributed by atoms with van der Waals surface area (Å²) >= 11 is 0. The van der Waals surface area contributed by atoms with Gasteiger partial charge in [-0.25, -0.2) is 9.97 Å². The molecule has 4 rings (SSSR count). The molecular weight excluding hydrogens is 278 g/mol. The molecule has 5 nitrogen and oxygen atoms in total. The number of aromatic nitrogens is 3. The molecule has 22 heavy (non-hydrogen) atoms. The van der Waals surface area contributed by atoms with Crippen LogP contribution in [0.3, 0.4) is 0 Å². The molecule has 5 heteroatoms. The van der Waals surface area contributed by atoms with E-state index >= 15 is 0 Å². The highest BCUT2D eigenvalue weighted by Gasteiger charge is 2.21. The number of pyridine rings is 1. The van der Waals surface area contributed by atoms with E-state index in [0.29, 0.717) is 0 Å². The topological polar surface area (TPSA) is 60.2 Å². The molecule has 0 amide bonds. The van der Waals surface area contributed by atoms with E-state index in [1.54, 1.807) is 18.3 Å². The Balaban J connectivity index is 1.83. The minimum atomic E-state index is 0.229. The van der Waals surface area contributed by atoms with Crippen LogP contribution in [0.2, 0.25) is 0 Å². The minimum Gasteiger partial charge on any atom is -0.508 e. The van der Waals surface area contributed by atoms with Crippen LogP contribution in [-0.4, -0.2) is 32.4 Å². The number of aromatic hydroxyl groups is 1. The molecule has 112 valence electrons. The van der Waals surface area contributed by atoms with Gasteiger partial charge in [0.1, 0.15) is 17.1 Å². The van der Waals surface area contributed by atoms with Crippen LogP contribution in [0.1, 0.15) is 18.7 Å². The molecule has 1 aliphatic heterocycles. The maximum atomic E-state index is 9.51. The minimum absolute atomic E-state index is 0.229. The van der Waals surface area contributed by atoms with Crippen molar-refractivity contribution in [3.8, 4) is 11.4 Å². The molecule has 0 spiro atoms. The van der Waals surface area contributed by atoms with Crippen molar-refractivity contribution in [2.75, 3.05) is 6.61 Å². The van der Waals surface area contributed by atoms with Crippen molar-refractivity contribution in [3.05, 3.63) is 48.4 Å². The Bertz CT molecular complexity index is 789. The lowest BCUT2D eigenvalue weighted by Crippen LogP contribution is -2.13. The summed E-state index contributed by atoms with van der Waals surface area (Å²) in [5.41, 5.74) is 2.66. The maximum Gasteiger partial charge on any atom is 0.164 e. The van der Waals surface area contributed by atoms with Crippen LogP contribution in [0.15, 0.2) is 42.6 Å². The molecule has 1 N–H and O–H groups in total. The molecule has 1 aliphatic rings. The highest BCUT2D eigenvalue weighted by atomic mass is 16.5. The molecule has 1 aromatic carbocycles. The lowest BCUT2D eigenvalue weighted by Gasteiger charge is -2.12. The average molecular weight is 295 g/mol. The zero-order valence-corrected chi connectivity index (χ0v) is 12.1. The number of hydrogen-bond donors (Lipinski definition) is 1. The second-order valence-electron chi connectivity index (χ2n) is 5.57. The summed E-state index contributed by atoms with van der Waals surface area (Å²) in [5.74, 6) is 1.20. The zero-order chi connectivity index (χ0) is 14.9. The predicted octanol–water partition coefficient (Wildman–Crippen LogP) is 2.85. The molecule has 0 saturated carbocycles. The van der Waals surface area contributed by atoms with E-state index in [1.807, 2.05) is 24.3 Å². The van der Waals surface area contributed by atoms with Gasteiger partial charge in [0.05, 0.1) is 6.10 Å². The van der Waals surface area contributed by atoms with Crippen molar-refractivity contribution in [1.82, 2.24) is 14.5 Å². The molecule has 0 radical (unpaired) electrons. The van der Waals surface area contributed by atoms with Crippen LogP contribution in [0.5, 0.6) is 5.75 Å². The summed E-state index contributed by atoms with van der Waals surface area (Å²) in [7, 11) is 0. The number of phenols is 1. The molecule has 0 bridgehead atoms. The molecule has 0 aliphatic carbocycles. The fourth-order valence-corrected chi connectivity index (χ4v) is 2.98. The largest absolute Gasteiger partial charge is 0.508 e. The van der Waals surface area contributed by atoms with Crippen molar-refractivity contribution < 1.29 is 9.84 Å². The first-order valence-electron chi connectivity index (χ1n) is 7.54. The van der Waals surface area contributed by atoms with Gasteiger partial charge in [-0.1, -0.05) is 0 Å². The molecule has 3 aromatic rings. The van der Waals surface area contributed by atoms with E-state index < -0.39 is 0 Å². The van der Waals surface area contributed by atoms with Crippen LogP contribution in [-0.2, 0) is 11.2 Å². The Kier molecular flexibility index (Phi) is 3.27. The van der Waals surface area contributed by atoms with Gasteiger partial charge in [-0.3, -0.25) is 4.57 Å². The number of hydrogen-bond acceptors (Lipinski definition) is 4. The Morgan fingerprint density at radius 3 is 2.86 bits per heavy atom. The van der Waals surface area contributed by atoms with Gasteiger partial charge in [0, 0.05) is 24.9 Å². The fourth-order valence-electron chi connectivity index (χ4n) is 2.98. The predicted molar refractivity (Wildman–Crippen MR) is 83.2 cm³/mol. The standard InChI is InChI=1S/C17H17N3O2/c21-13-7-5-12(6-8-13)20-16(11-14-3-2-10-22-14)19-15-4-1-9-18-17(15)20/h1,4-9,14,21H,2-3,10-11H2. The Labute approximate surface area is 128 Å². The van der Waals surface area contributed by atoms with Crippen LogP contribution >= 0.6 is 0 Å². The Hall–Kier alpha value is -2.40.